The molecule has 0 saturated carbocycles. The van der Waals surface area contributed by atoms with E-state index in [1.165, 1.54) is 6.33 Å². The molecule has 0 aliphatic rings. The molecule has 11 heavy (non-hydrogen) atoms. The van der Waals surface area contributed by atoms with Crippen molar-refractivity contribution in [2.75, 3.05) is 6.61 Å². The first-order valence-corrected chi connectivity index (χ1v) is 3.52. The number of rotatable bonds is 4. The van der Waals surface area contributed by atoms with E-state index in [2.05, 4.69) is 15.4 Å². The lowest BCUT2D eigenvalue weighted by Crippen LogP contribution is -2.13. The maximum atomic E-state index is 4.93. The second-order valence-electron chi connectivity index (χ2n) is 2.00. The van der Waals surface area contributed by atoms with Crippen LogP contribution in [0.15, 0.2) is 18.7 Å². The standard InChI is InChI=1S/C7H11N3O/c1-2-11-10-5-7-3-8-6-9-4-7/h3-4,6,10H,2,5H2,1H3. The van der Waals surface area contributed by atoms with Crippen LogP contribution in [0.1, 0.15) is 12.5 Å². The molecule has 0 radical (unpaired) electrons. The van der Waals surface area contributed by atoms with Gasteiger partial charge in [-0.1, -0.05) is 0 Å². The smallest absolute Gasteiger partial charge is 0.115 e. The number of aromatic nitrogens is 2. The van der Waals surface area contributed by atoms with Gasteiger partial charge in [0.25, 0.3) is 0 Å². The summed E-state index contributed by atoms with van der Waals surface area (Å²) in [5.41, 5.74) is 3.79. The van der Waals surface area contributed by atoms with Crippen LogP contribution in [-0.4, -0.2) is 16.6 Å². The van der Waals surface area contributed by atoms with Crippen LogP contribution in [0.5, 0.6) is 0 Å². The van der Waals surface area contributed by atoms with Gasteiger partial charge in [0, 0.05) is 24.5 Å². The lowest BCUT2D eigenvalue weighted by Gasteiger charge is -2.01. The Bertz CT molecular complexity index is 190. The Balaban J connectivity index is 2.28. The van der Waals surface area contributed by atoms with Crippen LogP contribution in [0.2, 0.25) is 0 Å². The van der Waals surface area contributed by atoms with Gasteiger partial charge >= 0.3 is 0 Å². The van der Waals surface area contributed by atoms with Crippen LogP contribution in [0.3, 0.4) is 0 Å². The van der Waals surface area contributed by atoms with Gasteiger partial charge in [-0.25, -0.2) is 9.97 Å². The van der Waals surface area contributed by atoms with E-state index < -0.39 is 0 Å². The van der Waals surface area contributed by atoms with Crippen molar-refractivity contribution < 1.29 is 4.84 Å². The Morgan fingerprint density at radius 3 is 2.82 bits per heavy atom. The van der Waals surface area contributed by atoms with Gasteiger partial charge in [-0.05, 0) is 6.92 Å². The summed E-state index contributed by atoms with van der Waals surface area (Å²) in [6.07, 6.45) is 5.00. The van der Waals surface area contributed by atoms with E-state index in [9.17, 15) is 0 Å². The minimum absolute atomic E-state index is 0.648. The van der Waals surface area contributed by atoms with Crippen molar-refractivity contribution in [3.8, 4) is 0 Å². The molecule has 0 spiro atoms. The van der Waals surface area contributed by atoms with Crippen molar-refractivity contribution in [1.29, 1.82) is 0 Å². The van der Waals surface area contributed by atoms with E-state index in [-0.39, 0.29) is 0 Å². The lowest BCUT2D eigenvalue weighted by atomic mass is 10.3. The van der Waals surface area contributed by atoms with Crippen LogP contribution < -0.4 is 5.48 Å². The summed E-state index contributed by atoms with van der Waals surface area (Å²) in [5, 5.41) is 0. The molecule has 1 N–H and O–H groups in total. The highest BCUT2D eigenvalue weighted by molar-refractivity contribution is 5.00. The summed E-state index contributed by atoms with van der Waals surface area (Å²) in [6.45, 7) is 3.23. The summed E-state index contributed by atoms with van der Waals surface area (Å²) in [4.78, 5) is 12.6. The number of hydroxylamine groups is 1. The molecule has 0 unspecified atom stereocenters. The molecular formula is C7H11N3O. The number of hydrogen-bond donors (Lipinski definition) is 1. The van der Waals surface area contributed by atoms with Crippen molar-refractivity contribution >= 4 is 0 Å². The van der Waals surface area contributed by atoms with Crippen LogP contribution >= 0.6 is 0 Å². The molecule has 1 aromatic heterocycles. The third-order valence-electron chi connectivity index (χ3n) is 1.14. The first-order valence-electron chi connectivity index (χ1n) is 3.52. The second-order valence-corrected chi connectivity index (χ2v) is 2.00. The Morgan fingerprint density at radius 2 is 2.18 bits per heavy atom. The SMILES string of the molecule is CCONCc1cncnc1. The van der Waals surface area contributed by atoms with Gasteiger partial charge < -0.3 is 4.84 Å². The highest BCUT2D eigenvalue weighted by atomic mass is 16.6. The molecule has 60 valence electrons. The Hall–Kier alpha value is -1.00. The van der Waals surface area contributed by atoms with Crippen molar-refractivity contribution in [1.82, 2.24) is 15.4 Å². The average molecular weight is 153 g/mol. The summed E-state index contributed by atoms with van der Waals surface area (Å²) in [6, 6.07) is 0. The Labute approximate surface area is 65.6 Å². The maximum absolute atomic E-state index is 4.93. The highest BCUT2D eigenvalue weighted by Crippen LogP contribution is 1.90. The Morgan fingerprint density at radius 1 is 1.45 bits per heavy atom. The lowest BCUT2D eigenvalue weighted by molar-refractivity contribution is 0.0462. The monoisotopic (exact) mass is 153 g/mol. The van der Waals surface area contributed by atoms with E-state index in [0.29, 0.717) is 13.2 Å². The summed E-state index contributed by atoms with van der Waals surface area (Å²) < 4.78 is 0. The van der Waals surface area contributed by atoms with Gasteiger partial charge in [-0.2, -0.15) is 5.48 Å². The summed E-state index contributed by atoms with van der Waals surface area (Å²) >= 11 is 0. The van der Waals surface area contributed by atoms with Gasteiger partial charge in [0.2, 0.25) is 0 Å². The molecule has 0 aliphatic carbocycles. The van der Waals surface area contributed by atoms with E-state index in [1.807, 2.05) is 6.92 Å². The van der Waals surface area contributed by atoms with Crippen molar-refractivity contribution in [3.63, 3.8) is 0 Å². The van der Waals surface area contributed by atoms with E-state index in [0.717, 1.165) is 5.56 Å². The van der Waals surface area contributed by atoms with Crippen molar-refractivity contribution in [2.24, 2.45) is 0 Å². The molecule has 4 heteroatoms. The first-order chi connectivity index (χ1) is 5.43. The van der Waals surface area contributed by atoms with Gasteiger partial charge in [0.15, 0.2) is 0 Å². The van der Waals surface area contributed by atoms with Crippen LogP contribution in [0.4, 0.5) is 0 Å². The summed E-state index contributed by atoms with van der Waals surface area (Å²) in [5.74, 6) is 0. The predicted octanol–water partition coefficient (Wildman–Crippen LogP) is 0.518. The van der Waals surface area contributed by atoms with E-state index in [1.54, 1.807) is 12.4 Å². The van der Waals surface area contributed by atoms with Crippen LogP contribution in [0, 0.1) is 0 Å². The fourth-order valence-electron chi connectivity index (χ4n) is 0.658. The molecule has 0 atom stereocenters. The van der Waals surface area contributed by atoms with Crippen molar-refractivity contribution in [2.45, 2.75) is 13.5 Å². The van der Waals surface area contributed by atoms with Crippen LogP contribution in [-0.2, 0) is 11.4 Å². The molecule has 0 aliphatic heterocycles. The van der Waals surface area contributed by atoms with Gasteiger partial charge in [-0.3, -0.25) is 0 Å². The normalized spacial score (nSPS) is 9.91. The minimum atomic E-state index is 0.648. The molecule has 0 bridgehead atoms. The van der Waals surface area contributed by atoms with Crippen LogP contribution in [0.25, 0.3) is 0 Å². The second kappa shape index (κ2) is 4.76. The molecule has 0 amide bonds. The molecule has 0 fully saturated rings. The number of nitrogens with one attached hydrogen (secondary N) is 1. The van der Waals surface area contributed by atoms with Gasteiger partial charge in [-0.15, -0.1) is 0 Å². The molecule has 1 heterocycles. The first kappa shape index (κ1) is 8.10. The predicted molar refractivity (Wildman–Crippen MR) is 40.5 cm³/mol. The van der Waals surface area contributed by atoms with Gasteiger partial charge in [0.05, 0.1) is 6.61 Å². The zero-order valence-electron chi connectivity index (χ0n) is 6.45. The summed E-state index contributed by atoms with van der Waals surface area (Å²) in [7, 11) is 0. The topological polar surface area (TPSA) is 47.0 Å². The molecule has 1 rings (SSSR count). The molecule has 0 saturated heterocycles. The van der Waals surface area contributed by atoms with Gasteiger partial charge in [0.1, 0.15) is 6.33 Å². The largest absolute Gasteiger partial charge is 0.302 e. The minimum Gasteiger partial charge on any atom is -0.302 e. The van der Waals surface area contributed by atoms with Crippen molar-refractivity contribution in [3.05, 3.63) is 24.3 Å². The fraction of sp³-hybridized carbons (Fsp3) is 0.429. The zero-order valence-corrected chi connectivity index (χ0v) is 6.45. The number of nitrogens with zero attached hydrogens (tertiary/aromatic N) is 2. The fourth-order valence-corrected chi connectivity index (χ4v) is 0.658. The maximum Gasteiger partial charge on any atom is 0.115 e. The molecule has 1 aromatic rings. The van der Waals surface area contributed by atoms with E-state index in [4.69, 9.17) is 4.84 Å². The molecule has 0 aromatic carbocycles. The third-order valence-corrected chi connectivity index (χ3v) is 1.14. The number of hydrogen-bond acceptors (Lipinski definition) is 4. The van der Waals surface area contributed by atoms with E-state index >= 15 is 0 Å². The third kappa shape index (κ3) is 3.06. The average Bonchev–Trinajstić information content (AvgIpc) is 2.07. The highest BCUT2D eigenvalue weighted by Gasteiger charge is 1.89. The quantitative estimate of drug-likeness (QED) is 0.506. The molecular weight excluding hydrogens is 142 g/mol. The molecule has 4 nitrogen and oxygen atoms in total. The Kier molecular flexibility index (Phi) is 3.51. The zero-order chi connectivity index (χ0) is 7.94.